The van der Waals surface area contributed by atoms with Gasteiger partial charge in [0.15, 0.2) is 0 Å². The zero-order valence-electron chi connectivity index (χ0n) is 14.0. The third-order valence-corrected chi connectivity index (χ3v) is 4.82. The summed E-state index contributed by atoms with van der Waals surface area (Å²) in [6, 6.07) is 12.4. The third kappa shape index (κ3) is 5.14. The van der Waals surface area contributed by atoms with E-state index >= 15 is 0 Å². The van der Waals surface area contributed by atoms with Crippen LogP contribution in [0.3, 0.4) is 0 Å². The first-order valence-electron chi connectivity index (χ1n) is 7.50. The van der Waals surface area contributed by atoms with Gasteiger partial charge in [-0.2, -0.15) is 0 Å². The Kier molecular flexibility index (Phi) is 6.73. The minimum Gasteiger partial charge on any atom is -0.496 e. The van der Waals surface area contributed by atoms with Gasteiger partial charge in [0.1, 0.15) is 5.75 Å². The molecule has 5 nitrogen and oxygen atoms in total. The molecule has 2 rings (SSSR count). The van der Waals surface area contributed by atoms with Crippen LogP contribution in [0.5, 0.6) is 5.75 Å². The van der Waals surface area contributed by atoms with Crippen molar-refractivity contribution in [1.82, 2.24) is 4.90 Å². The van der Waals surface area contributed by atoms with E-state index in [9.17, 15) is 9.59 Å². The van der Waals surface area contributed by atoms with Crippen LogP contribution in [0.15, 0.2) is 47.4 Å². The van der Waals surface area contributed by atoms with E-state index in [0.29, 0.717) is 22.9 Å². The third-order valence-electron chi connectivity index (χ3n) is 3.48. The van der Waals surface area contributed by atoms with Crippen LogP contribution >= 0.6 is 23.4 Å². The molecule has 7 heteroatoms. The van der Waals surface area contributed by atoms with Gasteiger partial charge in [-0.1, -0.05) is 23.7 Å². The van der Waals surface area contributed by atoms with E-state index in [0.717, 1.165) is 10.5 Å². The number of carbonyl (C=O) groups is 2. The molecule has 0 spiro atoms. The Bertz CT molecular complexity index is 783. The van der Waals surface area contributed by atoms with Gasteiger partial charge < -0.3 is 15.4 Å². The van der Waals surface area contributed by atoms with Gasteiger partial charge in [-0.25, -0.2) is 0 Å². The van der Waals surface area contributed by atoms with Gasteiger partial charge in [-0.3, -0.25) is 9.59 Å². The summed E-state index contributed by atoms with van der Waals surface area (Å²) in [5.74, 6) is 0.204. The Hall–Kier alpha value is -2.18. The molecule has 0 heterocycles. The second-order valence-corrected chi connectivity index (χ2v) is 6.82. The number of hydrogen-bond donors (Lipinski definition) is 1. The zero-order valence-corrected chi connectivity index (χ0v) is 15.6. The number of halogens is 1. The van der Waals surface area contributed by atoms with Crippen molar-refractivity contribution in [3.63, 3.8) is 0 Å². The van der Waals surface area contributed by atoms with Crippen LogP contribution in [0.2, 0.25) is 5.02 Å². The summed E-state index contributed by atoms with van der Waals surface area (Å²) < 4.78 is 5.32. The number of rotatable bonds is 7. The molecule has 25 heavy (non-hydrogen) atoms. The van der Waals surface area contributed by atoms with Crippen molar-refractivity contribution in [3.05, 3.63) is 58.6 Å². The van der Waals surface area contributed by atoms with Crippen LogP contribution in [-0.4, -0.2) is 36.6 Å². The largest absolute Gasteiger partial charge is 0.496 e. The number of methoxy groups -OCH3 is 1. The molecule has 0 aliphatic heterocycles. The van der Waals surface area contributed by atoms with E-state index in [1.807, 2.05) is 6.07 Å². The van der Waals surface area contributed by atoms with Crippen LogP contribution in [0.25, 0.3) is 0 Å². The van der Waals surface area contributed by atoms with Crippen molar-refractivity contribution in [1.29, 1.82) is 0 Å². The highest BCUT2D eigenvalue weighted by molar-refractivity contribution is 8.00. The summed E-state index contributed by atoms with van der Waals surface area (Å²) in [7, 11) is 3.28. The lowest BCUT2D eigenvalue weighted by molar-refractivity contribution is -0.115. The molecule has 2 aromatic rings. The molecule has 0 unspecified atom stereocenters. The molecule has 0 aromatic heterocycles. The zero-order chi connectivity index (χ0) is 18.4. The van der Waals surface area contributed by atoms with Gasteiger partial charge >= 0.3 is 0 Å². The molecule has 132 valence electrons. The summed E-state index contributed by atoms with van der Waals surface area (Å²) in [6.07, 6.45) is 0. The van der Waals surface area contributed by atoms with E-state index in [1.165, 1.54) is 11.8 Å². The number of nitrogens with zero attached hydrogens (tertiary/aromatic N) is 1. The predicted octanol–water partition coefficient (Wildman–Crippen LogP) is 3.20. The maximum Gasteiger partial charge on any atom is 0.255 e. The topological polar surface area (TPSA) is 72.6 Å². The Morgan fingerprint density at radius 3 is 2.64 bits per heavy atom. The maximum absolute atomic E-state index is 12.8. The molecular weight excluding hydrogens is 360 g/mol. The van der Waals surface area contributed by atoms with Crippen molar-refractivity contribution < 1.29 is 14.3 Å². The molecule has 2 N–H and O–H groups in total. The lowest BCUT2D eigenvalue weighted by Crippen LogP contribution is -2.27. The van der Waals surface area contributed by atoms with E-state index in [2.05, 4.69) is 0 Å². The van der Waals surface area contributed by atoms with Crippen LogP contribution < -0.4 is 10.5 Å². The fourth-order valence-electron chi connectivity index (χ4n) is 2.32. The summed E-state index contributed by atoms with van der Waals surface area (Å²) in [4.78, 5) is 26.1. The second kappa shape index (κ2) is 8.78. The lowest BCUT2D eigenvalue weighted by atomic mass is 10.1. The highest BCUT2D eigenvalue weighted by Gasteiger charge is 2.18. The van der Waals surface area contributed by atoms with Gasteiger partial charge in [0.25, 0.3) is 5.91 Å². The van der Waals surface area contributed by atoms with Gasteiger partial charge in [-0.05, 0) is 30.3 Å². The standard InChI is InChI=1S/C18H19ClN2O3S/c1-21(10-12-9-13(19)7-8-15(12)24-2)18(23)14-5-3-4-6-16(14)25-11-17(20)22/h3-9H,10-11H2,1-2H3,(H2,20,22). The van der Waals surface area contributed by atoms with Gasteiger partial charge in [0.2, 0.25) is 5.91 Å². The highest BCUT2D eigenvalue weighted by atomic mass is 35.5. The average Bonchev–Trinajstić information content (AvgIpc) is 2.59. The number of primary amides is 1. The average molecular weight is 379 g/mol. The molecule has 0 bridgehead atoms. The fraction of sp³-hybridized carbons (Fsp3) is 0.222. The highest BCUT2D eigenvalue weighted by Crippen LogP contribution is 2.26. The minimum absolute atomic E-state index is 0.121. The first kappa shape index (κ1) is 19.1. The van der Waals surface area contributed by atoms with Crippen LogP contribution in [0.1, 0.15) is 15.9 Å². The SMILES string of the molecule is COc1ccc(Cl)cc1CN(C)C(=O)c1ccccc1SCC(N)=O. The normalized spacial score (nSPS) is 10.4. The Morgan fingerprint density at radius 1 is 1.24 bits per heavy atom. The summed E-state index contributed by atoms with van der Waals surface area (Å²) in [5, 5.41) is 0.578. The predicted molar refractivity (Wildman–Crippen MR) is 100 cm³/mol. The van der Waals surface area contributed by atoms with Crippen molar-refractivity contribution in [2.75, 3.05) is 19.9 Å². The van der Waals surface area contributed by atoms with Crippen LogP contribution in [0.4, 0.5) is 0 Å². The number of ether oxygens (including phenoxy) is 1. The number of hydrogen-bond acceptors (Lipinski definition) is 4. The first-order valence-corrected chi connectivity index (χ1v) is 8.86. The maximum atomic E-state index is 12.8. The molecule has 2 amide bonds. The molecular formula is C18H19ClN2O3S. The number of thioether (sulfide) groups is 1. The number of nitrogens with two attached hydrogens (primary N) is 1. The smallest absolute Gasteiger partial charge is 0.255 e. The van der Waals surface area contributed by atoms with Gasteiger partial charge in [0, 0.05) is 29.1 Å². The Balaban J connectivity index is 2.20. The molecule has 0 radical (unpaired) electrons. The summed E-state index contributed by atoms with van der Waals surface area (Å²) >= 11 is 7.29. The van der Waals surface area contributed by atoms with E-state index in [4.69, 9.17) is 22.1 Å². The van der Waals surface area contributed by atoms with Gasteiger partial charge in [-0.15, -0.1) is 11.8 Å². The molecule has 0 saturated heterocycles. The molecule has 0 aliphatic carbocycles. The first-order chi connectivity index (χ1) is 11.9. The molecule has 0 fully saturated rings. The lowest BCUT2D eigenvalue weighted by Gasteiger charge is -2.20. The van der Waals surface area contributed by atoms with Crippen molar-refractivity contribution in [2.24, 2.45) is 5.73 Å². The molecule has 0 saturated carbocycles. The number of carbonyl (C=O) groups excluding carboxylic acids is 2. The van der Waals surface area contributed by atoms with Crippen LogP contribution in [0, 0.1) is 0 Å². The quantitative estimate of drug-likeness (QED) is 0.751. The minimum atomic E-state index is -0.427. The molecule has 0 atom stereocenters. The van der Waals surface area contributed by atoms with Crippen LogP contribution in [-0.2, 0) is 11.3 Å². The van der Waals surface area contributed by atoms with Gasteiger partial charge in [0.05, 0.1) is 18.4 Å². The van der Waals surface area contributed by atoms with Crippen molar-refractivity contribution in [2.45, 2.75) is 11.4 Å². The van der Waals surface area contributed by atoms with E-state index in [-0.39, 0.29) is 11.7 Å². The second-order valence-electron chi connectivity index (χ2n) is 5.37. The molecule has 2 aromatic carbocycles. The Morgan fingerprint density at radius 2 is 1.96 bits per heavy atom. The fourth-order valence-corrected chi connectivity index (χ4v) is 3.30. The Labute approximate surface area is 156 Å². The number of amides is 2. The monoisotopic (exact) mass is 378 g/mol. The van der Waals surface area contributed by atoms with Crippen molar-refractivity contribution in [3.8, 4) is 5.75 Å². The van der Waals surface area contributed by atoms with E-state index in [1.54, 1.807) is 55.5 Å². The number of benzene rings is 2. The van der Waals surface area contributed by atoms with E-state index < -0.39 is 5.91 Å². The summed E-state index contributed by atoms with van der Waals surface area (Å²) in [5.41, 5.74) is 6.53. The van der Waals surface area contributed by atoms with Crippen molar-refractivity contribution >= 4 is 35.2 Å². The molecule has 0 aliphatic rings. The summed E-state index contributed by atoms with van der Waals surface area (Å²) in [6.45, 7) is 0.345.